The number of hydrogen-bond donors (Lipinski definition) is 4. The van der Waals surface area contributed by atoms with Gasteiger partial charge in [-0.2, -0.15) is 0 Å². The van der Waals surface area contributed by atoms with Gasteiger partial charge < -0.3 is 20.7 Å². The highest BCUT2D eigenvalue weighted by Crippen LogP contribution is 2.40. The van der Waals surface area contributed by atoms with Crippen molar-refractivity contribution in [2.24, 2.45) is 0 Å². The van der Waals surface area contributed by atoms with E-state index in [0.29, 0.717) is 13.0 Å². The minimum absolute atomic E-state index is 0.0000637. The second-order valence-electron chi connectivity index (χ2n) is 10.8. The summed E-state index contributed by atoms with van der Waals surface area (Å²) < 4.78 is 0. The molecule has 1 amide bonds. The molecule has 216 valence electrons. The molecule has 7 heteroatoms. The minimum Gasteiger partial charge on any atom is -0.507 e. The second kappa shape index (κ2) is 12.8. The van der Waals surface area contributed by atoms with Crippen molar-refractivity contribution < 1.29 is 14.7 Å². The molecule has 1 unspecified atom stereocenters. The first-order chi connectivity index (χ1) is 21.1. The van der Waals surface area contributed by atoms with Crippen LogP contribution in [-0.4, -0.2) is 33.3 Å². The number of anilines is 2. The number of aromatic nitrogens is 2. The molecule has 3 aromatic carbocycles. The van der Waals surface area contributed by atoms with Crippen LogP contribution in [0.1, 0.15) is 69.3 Å². The quantitative estimate of drug-likeness (QED) is 0.131. The third kappa shape index (κ3) is 6.21. The smallest absolute Gasteiger partial charge is 0.255 e. The van der Waals surface area contributed by atoms with Gasteiger partial charge in [-0.25, -0.2) is 0 Å². The van der Waals surface area contributed by atoms with E-state index in [9.17, 15) is 14.7 Å². The molecule has 0 saturated carbocycles. The molecule has 43 heavy (non-hydrogen) atoms. The van der Waals surface area contributed by atoms with E-state index >= 15 is 0 Å². The minimum atomic E-state index is -0.293. The van der Waals surface area contributed by atoms with Gasteiger partial charge in [0, 0.05) is 47.7 Å². The number of carbonyl (C=O) groups is 2. The lowest BCUT2D eigenvalue weighted by molar-refractivity contribution is 0.0947. The predicted molar refractivity (Wildman–Crippen MR) is 169 cm³/mol. The number of H-pyrrole nitrogens is 1. The number of carbonyl (C=O) groups excluding carboxylic acids is 2. The first kappa shape index (κ1) is 28.0. The zero-order chi connectivity index (χ0) is 29.6. The van der Waals surface area contributed by atoms with Gasteiger partial charge in [-0.1, -0.05) is 60.7 Å². The molecule has 6 rings (SSSR count). The number of Topliss-reactive ketones (excluding diaryl/α,β-unsaturated/α-hetero) is 1. The molecule has 0 saturated heterocycles. The van der Waals surface area contributed by atoms with E-state index in [2.05, 4.69) is 33.8 Å². The third-order valence-corrected chi connectivity index (χ3v) is 7.96. The Bertz CT molecular complexity index is 1730. The Labute approximate surface area is 251 Å². The lowest BCUT2D eigenvalue weighted by Gasteiger charge is -2.18. The number of benzene rings is 3. The molecular weight excluding hydrogens is 536 g/mol. The summed E-state index contributed by atoms with van der Waals surface area (Å²) in [6, 6.07) is 30.8. The Morgan fingerprint density at radius 2 is 1.67 bits per heavy atom. The molecular formula is C36H34N4O3. The van der Waals surface area contributed by atoms with E-state index < -0.39 is 0 Å². The molecule has 7 nitrogen and oxygen atoms in total. The zero-order valence-corrected chi connectivity index (χ0v) is 23.8. The van der Waals surface area contributed by atoms with Crippen molar-refractivity contribution in [2.45, 2.75) is 38.0 Å². The molecule has 0 radical (unpaired) electrons. The summed E-state index contributed by atoms with van der Waals surface area (Å²) in [6.45, 7) is 0.465. The van der Waals surface area contributed by atoms with Gasteiger partial charge in [0.15, 0.2) is 5.78 Å². The van der Waals surface area contributed by atoms with Crippen molar-refractivity contribution in [1.29, 1.82) is 0 Å². The molecule has 0 spiro atoms. The average molecular weight is 571 g/mol. The molecule has 1 aliphatic rings. The number of phenols is 1. The third-order valence-electron chi connectivity index (χ3n) is 7.96. The lowest BCUT2D eigenvalue weighted by Crippen LogP contribution is -2.24. The van der Waals surface area contributed by atoms with Crippen LogP contribution in [0.5, 0.6) is 5.75 Å². The Morgan fingerprint density at radius 1 is 0.930 bits per heavy atom. The number of aromatic amines is 1. The number of amides is 1. The topological polar surface area (TPSA) is 107 Å². The molecule has 1 atom stereocenters. The summed E-state index contributed by atoms with van der Waals surface area (Å²) in [5.41, 5.74) is 7.63. The fraction of sp³-hybridized carbons (Fsp3) is 0.194. The number of rotatable bonds is 10. The zero-order valence-electron chi connectivity index (χ0n) is 23.8. The number of phenolic OH excluding ortho intramolecular Hbond substituents is 1. The number of pyridine rings is 1. The van der Waals surface area contributed by atoms with Crippen LogP contribution in [0.15, 0.2) is 103 Å². The molecule has 0 bridgehead atoms. The highest BCUT2D eigenvalue weighted by molar-refractivity contribution is 6.07. The van der Waals surface area contributed by atoms with Gasteiger partial charge in [0.1, 0.15) is 5.75 Å². The van der Waals surface area contributed by atoms with Crippen LogP contribution < -0.4 is 10.6 Å². The first-order valence-corrected chi connectivity index (χ1v) is 14.8. The molecule has 2 aromatic heterocycles. The SMILES string of the molecule is O=C(NCCCC(c1ccccc1)c1cc(-c2[nH]c3c(c2Nc2ccccc2)C(=O)CCC3)ccn1)c1ccccc1O. The van der Waals surface area contributed by atoms with Gasteiger partial charge in [-0.05, 0) is 67.6 Å². The van der Waals surface area contributed by atoms with Crippen LogP contribution in [0, 0.1) is 0 Å². The fourth-order valence-electron chi connectivity index (χ4n) is 5.84. The Balaban J connectivity index is 1.28. The number of nitrogens with zero attached hydrogens (tertiary/aromatic N) is 1. The van der Waals surface area contributed by atoms with Crippen molar-refractivity contribution in [2.75, 3.05) is 11.9 Å². The number of hydrogen-bond acceptors (Lipinski definition) is 5. The molecule has 5 aromatic rings. The van der Waals surface area contributed by atoms with Gasteiger partial charge in [0.05, 0.1) is 22.5 Å². The standard InChI is InChI=1S/C36H34N4O3/c41-31-18-8-7-15-28(31)36(43)38-21-10-16-27(24-11-3-1-4-12-24)30-23-25(20-22-37-30)34-35(39-26-13-5-2-6-14-26)33-29(40-34)17-9-19-32(33)42/h1-8,11-15,18,20,22-23,27,39-41H,9-10,16-17,19,21H2,(H,38,43). The summed E-state index contributed by atoms with van der Waals surface area (Å²) in [5.74, 6) is -0.167. The van der Waals surface area contributed by atoms with E-state index in [1.54, 1.807) is 18.2 Å². The van der Waals surface area contributed by atoms with Gasteiger partial charge in [-0.15, -0.1) is 0 Å². The Kier molecular flexibility index (Phi) is 8.31. The Morgan fingerprint density at radius 3 is 2.47 bits per heavy atom. The van der Waals surface area contributed by atoms with Crippen LogP contribution in [0.25, 0.3) is 11.3 Å². The fourth-order valence-corrected chi connectivity index (χ4v) is 5.84. The molecule has 4 N–H and O–H groups in total. The highest BCUT2D eigenvalue weighted by atomic mass is 16.3. The van der Waals surface area contributed by atoms with E-state index in [0.717, 1.165) is 70.8 Å². The summed E-state index contributed by atoms with van der Waals surface area (Å²) in [7, 11) is 0. The van der Waals surface area contributed by atoms with E-state index in [1.165, 1.54) is 6.07 Å². The maximum Gasteiger partial charge on any atom is 0.255 e. The molecule has 1 aliphatic carbocycles. The van der Waals surface area contributed by atoms with Crippen LogP contribution in [0.3, 0.4) is 0 Å². The monoisotopic (exact) mass is 570 g/mol. The van der Waals surface area contributed by atoms with Crippen LogP contribution in [0.2, 0.25) is 0 Å². The number of nitrogens with one attached hydrogen (secondary N) is 3. The van der Waals surface area contributed by atoms with Gasteiger partial charge in [0.25, 0.3) is 5.91 Å². The number of ketones is 1. The van der Waals surface area contributed by atoms with Crippen molar-refractivity contribution in [3.05, 3.63) is 131 Å². The maximum absolute atomic E-state index is 13.1. The normalized spacial score (nSPS) is 13.3. The number of para-hydroxylation sites is 2. The van der Waals surface area contributed by atoms with Gasteiger partial charge in [0.2, 0.25) is 0 Å². The lowest BCUT2D eigenvalue weighted by atomic mass is 9.89. The van der Waals surface area contributed by atoms with Crippen LogP contribution in [0.4, 0.5) is 11.4 Å². The summed E-state index contributed by atoms with van der Waals surface area (Å²) in [6.07, 6.45) is 5.53. The Hall–Kier alpha value is -5.17. The molecule has 0 fully saturated rings. The highest BCUT2D eigenvalue weighted by Gasteiger charge is 2.27. The van der Waals surface area contributed by atoms with Crippen LogP contribution >= 0.6 is 0 Å². The molecule has 0 aliphatic heterocycles. The summed E-state index contributed by atoms with van der Waals surface area (Å²) >= 11 is 0. The van der Waals surface area contributed by atoms with Crippen molar-refractivity contribution in [3.63, 3.8) is 0 Å². The average Bonchev–Trinajstić information content (AvgIpc) is 3.41. The maximum atomic E-state index is 13.1. The number of fused-ring (bicyclic) bond motifs is 1. The van der Waals surface area contributed by atoms with Crippen molar-refractivity contribution in [3.8, 4) is 17.0 Å². The van der Waals surface area contributed by atoms with Gasteiger partial charge in [-0.3, -0.25) is 14.6 Å². The first-order valence-electron chi connectivity index (χ1n) is 14.8. The van der Waals surface area contributed by atoms with E-state index in [4.69, 9.17) is 4.98 Å². The summed E-state index contributed by atoms with van der Waals surface area (Å²) in [5, 5.41) is 16.5. The second-order valence-corrected chi connectivity index (χ2v) is 10.8. The van der Waals surface area contributed by atoms with E-state index in [-0.39, 0.29) is 28.9 Å². The number of aromatic hydroxyl groups is 1. The van der Waals surface area contributed by atoms with Crippen molar-refractivity contribution in [1.82, 2.24) is 15.3 Å². The van der Waals surface area contributed by atoms with Gasteiger partial charge >= 0.3 is 0 Å². The van der Waals surface area contributed by atoms with Crippen molar-refractivity contribution >= 4 is 23.1 Å². The largest absolute Gasteiger partial charge is 0.507 e. The molecule has 2 heterocycles. The predicted octanol–water partition coefficient (Wildman–Crippen LogP) is 7.39. The summed E-state index contributed by atoms with van der Waals surface area (Å²) in [4.78, 5) is 34.1. The van der Waals surface area contributed by atoms with E-state index in [1.807, 2.05) is 60.8 Å². The van der Waals surface area contributed by atoms with Crippen LogP contribution in [-0.2, 0) is 6.42 Å². The number of aryl methyl sites for hydroxylation is 1.